The Kier molecular flexibility index (Phi) is 1.48. The predicted molar refractivity (Wildman–Crippen MR) is 50.9 cm³/mol. The van der Waals surface area contributed by atoms with E-state index < -0.39 is 5.92 Å². The van der Waals surface area contributed by atoms with Gasteiger partial charge in [-0.1, -0.05) is 0 Å². The van der Waals surface area contributed by atoms with Crippen LogP contribution in [0.1, 0.15) is 0 Å². The second-order valence-electron chi connectivity index (χ2n) is 3.45. The Morgan fingerprint density at radius 1 is 1.07 bits per heavy atom. The molecule has 3 aliphatic rings. The minimum atomic E-state index is -0.722. The van der Waals surface area contributed by atoms with Crippen molar-refractivity contribution in [2.24, 2.45) is 5.92 Å². The molecule has 0 aromatic heterocycles. The van der Waals surface area contributed by atoms with Gasteiger partial charge in [0, 0.05) is 12.4 Å². The number of hydrogen-bond acceptors (Lipinski definition) is 4. The van der Waals surface area contributed by atoms with Crippen molar-refractivity contribution in [3.63, 3.8) is 0 Å². The average Bonchev–Trinajstić information content (AvgIpc) is 2.25. The lowest BCUT2D eigenvalue weighted by molar-refractivity contribution is -0.127. The summed E-state index contributed by atoms with van der Waals surface area (Å²) in [6.07, 6.45) is 9.24. The lowest BCUT2D eigenvalue weighted by Gasteiger charge is -2.33. The normalized spacial score (nSPS) is 26.9. The van der Waals surface area contributed by atoms with Gasteiger partial charge < -0.3 is 9.64 Å². The number of carbonyl (C=O) groups excluding carboxylic acids is 2. The van der Waals surface area contributed by atoms with E-state index in [0.29, 0.717) is 11.5 Å². The van der Waals surface area contributed by atoms with Crippen LogP contribution in [0.15, 0.2) is 48.3 Å². The molecule has 74 valence electrons. The first kappa shape index (κ1) is 8.23. The van der Waals surface area contributed by atoms with Gasteiger partial charge in [0.15, 0.2) is 11.6 Å². The lowest BCUT2D eigenvalue weighted by atomic mass is 9.87. The molecule has 0 amide bonds. The van der Waals surface area contributed by atoms with Crippen LogP contribution < -0.4 is 0 Å². The number of ether oxygens (including phenoxy) is 1. The Balaban J connectivity index is 2.21. The highest BCUT2D eigenvalue weighted by atomic mass is 16.5. The van der Waals surface area contributed by atoms with E-state index in [1.807, 2.05) is 0 Å². The molecule has 0 saturated carbocycles. The van der Waals surface area contributed by atoms with E-state index in [1.54, 1.807) is 23.4 Å². The molecule has 2 aliphatic heterocycles. The zero-order valence-electron chi connectivity index (χ0n) is 7.71. The molecule has 4 nitrogen and oxygen atoms in total. The fourth-order valence-corrected chi connectivity index (χ4v) is 1.90. The van der Waals surface area contributed by atoms with Gasteiger partial charge in [-0.15, -0.1) is 0 Å². The first-order chi connectivity index (χ1) is 7.27. The molecule has 0 N–H and O–H groups in total. The van der Waals surface area contributed by atoms with Crippen LogP contribution in [-0.2, 0) is 14.3 Å². The highest BCUT2D eigenvalue weighted by Gasteiger charge is 2.38. The molecule has 15 heavy (non-hydrogen) atoms. The molecule has 0 saturated heterocycles. The number of carbonyl (C=O) groups is 2. The van der Waals surface area contributed by atoms with Crippen LogP contribution in [0.4, 0.5) is 0 Å². The monoisotopic (exact) mass is 201 g/mol. The van der Waals surface area contributed by atoms with Crippen molar-refractivity contribution in [1.82, 2.24) is 4.90 Å². The van der Waals surface area contributed by atoms with E-state index in [2.05, 4.69) is 0 Å². The van der Waals surface area contributed by atoms with Crippen molar-refractivity contribution >= 4 is 11.6 Å². The van der Waals surface area contributed by atoms with E-state index in [0.717, 1.165) is 0 Å². The third kappa shape index (κ3) is 1.01. The van der Waals surface area contributed by atoms with Gasteiger partial charge in [-0.05, 0) is 18.2 Å². The Hall–Kier alpha value is -2.10. The van der Waals surface area contributed by atoms with Crippen molar-refractivity contribution in [2.45, 2.75) is 0 Å². The van der Waals surface area contributed by atoms with E-state index >= 15 is 0 Å². The zero-order chi connectivity index (χ0) is 10.4. The summed E-state index contributed by atoms with van der Waals surface area (Å²) in [5, 5.41) is 0. The minimum absolute atomic E-state index is 0.188. The second kappa shape index (κ2) is 2.70. The Morgan fingerprint density at radius 2 is 1.87 bits per heavy atom. The van der Waals surface area contributed by atoms with Crippen LogP contribution >= 0.6 is 0 Å². The third-order valence-corrected chi connectivity index (χ3v) is 2.59. The maximum atomic E-state index is 11.6. The van der Waals surface area contributed by atoms with Gasteiger partial charge in [0.2, 0.25) is 0 Å². The van der Waals surface area contributed by atoms with Crippen molar-refractivity contribution in [3.05, 3.63) is 48.3 Å². The fraction of sp³-hybridized carbons (Fsp3) is 0.0909. The third-order valence-electron chi connectivity index (χ3n) is 2.59. The average molecular weight is 201 g/mol. The first-order valence-electron chi connectivity index (χ1n) is 4.57. The number of ketones is 2. The number of rotatable bonds is 0. The molecule has 0 aromatic rings. The summed E-state index contributed by atoms with van der Waals surface area (Å²) < 4.78 is 5.25. The van der Waals surface area contributed by atoms with Gasteiger partial charge >= 0.3 is 0 Å². The van der Waals surface area contributed by atoms with Gasteiger partial charge in [0.25, 0.3) is 0 Å². The van der Waals surface area contributed by atoms with Gasteiger partial charge in [-0.25, -0.2) is 0 Å². The minimum Gasteiger partial charge on any atom is -0.462 e. The maximum absolute atomic E-state index is 11.6. The summed E-state index contributed by atoms with van der Waals surface area (Å²) in [5.74, 6) is -0.529. The number of hydrogen-bond donors (Lipinski definition) is 0. The molecule has 3 rings (SSSR count). The molecule has 0 aromatic carbocycles. The SMILES string of the molecule is O=C1C=CC2=C3C1C(=O)C=CN3C=CO2. The quantitative estimate of drug-likeness (QED) is 0.545. The standard InChI is InChI=1S/C11H7NO3/c13-7-1-2-9-11-10(7)8(14)3-4-12(11)5-6-15-9/h1-6,10H. The van der Waals surface area contributed by atoms with E-state index in [1.165, 1.54) is 18.4 Å². The number of nitrogens with zero attached hydrogens (tertiary/aromatic N) is 1. The summed E-state index contributed by atoms with van der Waals surface area (Å²) in [6, 6.07) is 0. The Bertz CT molecular complexity index is 482. The van der Waals surface area contributed by atoms with Crippen LogP contribution in [0.25, 0.3) is 0 Å². The maximum Gasteiger partial charge on any atom is 0.174 e. The summed E-state index contributed by atoms with van der Waals surface area (Å²) in [5.41, 5.74) is 0.623. The van der Waals surface area contributed by atoms with Crippen LogP contribution in [0, 0.1) is 5.92 Å². The Labute approximate surface area is 85.8 Å². The molecule has 0 bridgehead atoms. The molecular weight excluding hydrogens is 194 g/mol. The van der Waals surface area contributed by atoms with E-state index in [9.17, 15) is 9.59 Å². The summed E-state index contributed by atoms with van der Waals surface area (Å²) in [7, 11) is 0. The molecule has 2 heterocycles. The second-order valence-corrected chi connectivity index (χ2v) is 3.45. The molecule has 0 fully saturated rings. The van der Waals surface area contributed by atoms with Gasteiger partial charge in [-0.2, -0.15) is 0 Å². The smallest absolute Gasteiger partial charge is 0.174 e. The highest BCUT2D eigenvalue weighted by Crippen LogP contribution is 2.33. The number of allylic oxidation sites excluding steroid dienone is 4. The highest BCUT2D eigenvalue weighted by molar-refractivity contribution is 6.15. The molecular formula is C11H7NO3. The summed E-state index contributed by atoms with van der Waals surface area (Å²) in [6.45, 7) is 0. The Morgan fingerprint density at radius 3 is 2.73 bits per heavy atom. The molecule has 0 radical (unpaired) electrons. The van der Waals surface area contributed by atoms with E-state index in [4.69, 9.17) is 4.74 Å². The van der Waals surface area contributed by atoms with Crippen molar-refractivity contribution in [2.75, 3.05) is 0 Å². The largest absolute Gasteiger partial charge is 0.462 e. The first-order valence-corrected chi connectivity index (χ1v) is 4.57. The van der Waals surface area contributed by atoms with Gasteiger partial charge in [-0.3, -0.25) is 9.59 Å². The fourth-order valence-electron chi connectivity index (χ4n) is 1.90. The van der Waals surface area contributed by atoms with E-state index in [-0.39, 0.29) is 11.6 Å². The molecule has 1 unspecified atom stereocenters. The molecule has 1 atom stereocenters. The van der Waals surface area contributed by atoms with Crippen LogP contribution in [0.3, 0.4) is 0 Å². The molecule has 4 heteroatoms. The predicted octanol–water partition coefficient (Wildman–Crippen LogP) is 0.853. The lowest BCUT2D eigenvalue weighted by Crippen LogP contribution is -2.37. The van der Waals surface area contributed by atoms with Crippen molar-refractivity contribution in [3.8, 4) is 0 Å². The zero-order valence-corrected chi connectivity index (χ0v) is 7.71. The van der Waals surface area contributed by atoms with Gasteiger partial charge in [0.1, 0.15) is 17.9 Å². The summed E-state index contributed by atoms with van der Waals surface area (Å²) in [4.78, 5) is 24.9. The van der Waals surface area contributed by atoms with Crippen LogP contribution in [0.5, 0.6) is 0 Å². The van der Waals surface area contributed by atoms with Crippen LogP contribution in [0.2, 0.25) is 0 Å². The summed E-state index contributed by atoms with van der Waals surface area (Å²) >= 11 is 0. The topological polar surface area (TPSA) is 46.6 Å². The van der Waals surface area contributed by atoms with Gasteiger partial charge in [0.05, 0.1) is 5.70 Å². The molecule has 0 spiro atoms. The van der Waals surface area contributed by atoms with Crippen molar-refractivity contribution < 1.29 is 14.3 Å². The van der Waals surface area contributed by atoms with Crippen LogP contribution in [-0.4, -0.2) is 16.5 Å². The molecule has 1 aliphatic carbocycles. The van der Waals surface area contributed by atoms with Crippen molar-refractivity contribution in [1.29, 1.82) is 0 Å².